The van der Waals surface area contributed by atoms with Gasteiger partial charge in [0.2, 0.25) is 0 Å². The van der Waals surface area contributed by atoms with Crippen molar-refractivity contribution in [2.75, 3.05) is 0 Å². The molecule has 0 unspecified atom stereocenters. The highest BCUT2D eigenvalue weighted by atomic mass is 35.5. The van der Waals surface area contributed by atoms with E-state index >= 15 is 0 Å². The summed E-state index contributed by atoms with van der Waals surface area (Å²) in [7, 11) is 0. The zero-order valence-electron chi connectivity index (χ0n) is 9.55. The van der Waals surface area contributed by atoms with E-state index in [4.69, 9.17) is 27.6 Å². The first-order chi connectivity index (χ1) is 9.27. The third-order valence-corrected chi connectivity index (χ3v) is 3.19. The van der Waals surface area contributed by atoms with Crippen molar-refractivity contribution in [1.29, 1.82) is 0 Å². The number of nitrogens with zero attached hydrogens (tertiary/aromatic N) is 3. The maximum absolute atomic E-state index is 6.07. The van der Waals surface area contributed by atoms with Crippen molar-refractivity contribution in [3.63, 3.8) is 0 Å². The zero-order valence-corrected chi connectivity index (χ0v) is 11.1. The van der Waals surface area contributed by atoms with E-state index < -0.39 is 0 Å². The van der Waals surface area contributed by atoms with Gasteiger partial charge in [0, 0.05) is 18.0 Å². The zero-order chi connectivity index (χ0) is 13.2. The first kappa shape index (κ1) is 12.1. The van der Waals surface area contributed by atoms with Gasteiger partial charge in [0.1, 0.15) is 16.0 Å². The molecular weight excluding hydrogens is 285 g/mol. The van der Waals surface area contributed by atoms with Gasteiger partial charge in [0.05, 0.1) is 5.56 Å². The molecule has 0 N–H and O–H groups in total. The Morgan fingerprint density at radius 2 is 1.47 bits per heavy atom. The lowest BCUT2D eigenvalue weighted by molar-refractivity contribution is 0.572. The Labute approximate surface area is 119 Å². The number of halogens is 2. The van der Waals surface area contributed by atoms with E-state index in [-0.39, 0.29) is 0 Å². The van der Waals surface area contributed by atoms with Crippen LogP contribution in [0.3, 0.4) is 0 Å². The second kappa shape index (κ2) is 4.99. The van der Waals surface area contributed by atoms with Gasteiger partial charge in [-0.3, -0.25) is 0 Å². The quantitative estimate of drug-likeness (QED) is 0.667. The van der Waals surface area contributed by atoms with Crippen molar-refractivity contribution in [3.8, 4) is 22.6 Å². The molecule has 0 aliphatic heterocycles. The molecule has 0 aliphatic carbocycles. The monoisotopic (exact) mass is 291 g/mol. The van der Waals surface area contributed by atoms with Crippen LogP contribution in [0.5, 0.6) is 0 Å². The number of aromatic nitrogens is 3. The maximum Gasteiger partial charge on any atom is 0.182 e. The van der Waals surface area contributed by atoms with E-state index in [0.717, 1.165) is 0 Å². The lowest BCUT2D eigenvalue weighted by Crippen LogP contribution is -1.87. The highest BCUT2D eigenvalue weighted by molar-refractivity contribution is 6.33. The normalized spacial score (nSPS) is 10.6. The number of hydrogen-bond donors (Lipinski definition) is 0. The molecule has 0 saturated heterocycles. The average molecular weight is 292 g/mol. The average Bonchev–Trinajstić information content (AvgIpc) is 2.89. The molecule has 3 heterocycles. The summed E-state index contributed by atoms with van der Waals surface area (Å²) in [6, 6.07) is 7.19. The van der Waals surface area contributed by atoms with Crippen LogP contribution in [0.15, 0.2) is 47.5 Å². The fourth-order valence-corrected chi connectivity index (χ4v) is 2.16. The summed E-state index contributed by atoms with van der Waals surface area (Å²) in [5, 5.41) is 0.707. The van der Waals surface area contributed by atoms with Crippen LogP contribution >= 0.6 is 23.2 Å². The molecular formula is C13H7Cl2N3O. The molecule has 0 bridgehead atoms. The van der Waals surface area contributed by atoms with Crippen LogP contribution < -0.4 is 0 Å². The molecule has 3 rings (SSSR count). The van der Waals surface area contributed by atoms with E-state index in [1.165, 1.54) is 6.39 Å². The minimum atomic E-state index is 0.348. The molecule has 0 saturated carbocycles. The summed E-state index contributed by atoms with van der Waals surface area (Å²) in [6.07, 6.45) is 4.57. The summed E-state index contributed by atoms with van der Waals surface area (Å²) in [6.45, 7) is 0. The van der Waals surface area contributed by atoms with Crippen molar-refractivity contribution in [3.05, 3.63) is 53.4 Å². The number of pyridine rings is 2. The van der Waals surface area contributed by atoms with Gasteiger partial charge in [-0.1, -0.05) is 23.2 Å². The third kappa shape index (κ3) is 2.20. The summed E-state index contributed by atoms with van der Waals surface area (Å²) < 4.78 is 5.42. The van der Waals surface area contributed by atoms with E-state index in [0.29, 0.717) is 32.9 Å². The van der Waals surface area contributed by atoms with Crippen molar-refractivity contribution in [2.24, 2.45) is 0 Å². The van der Waals surface area contributed by atoms with Crippen molar-refractivity contribution < 1.29 is 4.42 Å². The van der Waals surface area contributed by atoms with Gasteiger partial charge >= 0.3 is 0 Å². The van der Waals surface area contributed by atoms with Crippen LogP contribution in [0.25, 0.3) is 22.6 Å². The topological polar surface area (TPSA) is 51.8 Å². The van der Waals surface area contributed by atoms with E-state index in [9.17, 15) is 0 Å². The minimum Gasteiger partial charge on any atom is -0.443 e. The number of oxazole rings is 1. The van der Waals surface area contributed by atoms with Gasteiger partial charge in [-0.05, 0) is 24.3 Å². The molecule has 0 atom stereocenters. The molecule has 19 heavy (non-hydrogen) atoms. The Morgan fingerprint density at radius 3 is 2.11 bits per heavy atom. The minimum absolute atomic E-state index is 0.348. The van der Waals surface area contributed by atoms with Crippen LogP contribution in [0.1, 0.15) is 0 Å². The highest BCUT2D eigenvalue weighted by Crippen LogP contribution is 2.36. The Kier molecular flexibility index (Phi) is 3.19. The summed E-state index contributed by atoms with van der Waals surface area (Å²) in [4.78, 5) is 12.2. The van der Waals surface area contributed by atoms with Crippen LogP contribution in [0.2, 0.25) is 10.3 Å². The van der Waals surface area contributed by atoms with Crippen LogP contribution in [0.4, 0.5) is 0 Å². The fourth-order valence-electron chi connectivity index (χ4n) is 1.75. The van der Waals surface area contributed by atoms with E-state index in [2.05, 4.69) is 15.0 Å². The molecule has 3 aromatic heterocycles. The molecule has 94 valence electrons. The summed E-state index contributed by atoms with van der Waals surface area (Å²) in [5.41, 5.74) is 1.94. The Morgan fingerprint density at radius 1 is 0.842 bits per heavy atom. The number of hydrogen-bond acceptors (Lipinski definition) is 4. The van der Waals surface area contributed by atoms with Crippen LogP contribution in [-0.4, -0.2) is 15.0 Å². The Bertz CT molecular complexity index is 667. The van der Waals surface area contributed by atoms with Crippen LogP contribution in [-0.2, 0) is 0 Å². The van der Waals surface area contributed by atoms with Gasteiger partial charge in [-0.15, -0.1) is 0 Å². The van der Waals surface area contributed by atoms with Crippen molar-refractivity contribution in [1.82, 2.24) is 15.0 Å². The summed E-state index contributed by atoms with van der Waals surface area (Å²) >= 11 is 12.1. The van der Waals surface area contributed by atoms with E-state index in [1.54, 1.807) is 24.5 Å². The Balaban J connectivity index is 2.20. The lowest BCUT2D eigenvalue weighted by Gasteiger charge is -2.03. The van der Waals surface area contributed by atoms with Gasteiger partial charge in [-0.2, -0.15) is 0 Å². The van der Waals surface area contributed by atoms with Gasteiger partial charge in [0.15, 0.2) is 12.2 Å². The second-order valence-electron chi connectivity index (χ2n) is 3.71. The molecule has 0 aromatic carbocycles. The molecule has 4 nitrogen and oxygen atoms in total. The molecule has 0 aliphatic rings. The molecule has 0 spiro atoms. The predicted molar refractivity (Wildman–Crippen MR) is 73.0 cm³/mol. The molecule has 0 amide bonds. The fraction of sp³-hybridized carbons (Fsp3) is 0. The second-order valence-corrected chi connectivity index (χ2v) is 4.43. The van der Waals surface area contributed by atoms with Gasteiger partial charge in [0.25, 0.3) is 0 Å². The van der Waals surface area contributed by atoms with Crippen molar-refractivity contribution >= 4 is 23.2 Å². The SMILES string of the molecule is Clc1ncccc1-c1ncoc1-c1cccnc1Cl. The predicted octanol–water partition coefficient (Wildman–Crippen LogP) is 4.11. The van der Waals surface area contributed by atoms with E-state index in [1.807, 2.05) is 12.1 Å². The Hall–Kier alpha value is -1.91. The smallest absolute Gasteiger partial charge is 0.182 e. The van der Waals surface area contributed by atoms with Crippen molar-refractivity contribution in [2.45, 2.75) is 0 Å². The van der Waals surface area contributed by atoms with Gasteiger partial charge in [-0.25, -0.2) is 15.0 Å². The largest absolute Gasteiger partial charge is 0.443 e. The summed E-state index contributed by atoms with van der Waals surface area (Å²) in [5.74, 6) is 0.521. The third-order valence-electron chi connectivity index (χ3n) is 2.59. The lowest BCUT2D eigenvalue weighted by atomic mass is 10.1. The maximum atomic E-state index is 6.07. The molecule has 0 fully saturated rings. The number of rotatable bonds is 2. The molecule has 0 radical (unpaired) electrons. The standard InChI is InChI=1S/C13H7Cl2N3O/c14-12-8(3-1-5-16-12)10-11(19-7-18-10)9-4-2-6-17-13(9)15/h1-7H. The highest BCUT2D eigenvalue weighted by Gasteiger charge is 2.18. The van der Waals surface area contributed by atoms with Gasteiger partial charge < -0.3 is 4.42 Å². The first-order valence-corrected chi connectivity index (χ1v) is 6.18. The molecule has 3 aromatic rings. The molecule has 6 heteroatoms. The van der Waals surface area contributed by atoms with Crippen LogP contribution in [0, 0.1) is 0 Å². The first-order valence-electron chi connectivity index (χ1n) is 5.42.